The second-order valence-corrected chi connectivity index (χ2v) is 7.45. The van der Waals surface area contributed by atoms with Gasteiger partial charge in [0, 0.05) is 18.4 Å². The van der Waals surface area contributed by atoms with Gasteiger partial charge in [-0.3, -0.25) is 4.79 Å². The quantitative estimate of drug-likeness (QED) is 0.570. The normalized spacial score (nSPS) is 11.6. The van der Waals surface area contributed by atoms with E-state index in [1.165, 1.54) is 12.8 Å². The van der Waals surface area contributed by atoms with Gasteiger partial charge in [0.25, 0.3) is 0 Å². The van der Waals surface area contributed by atoms with Crippen LogP contribution < -0.4 is 5.32 Å². The van der Waals surface area contributed by atoms with Gasteiger partial charge in [-0.05, 0) is 18.3 Å². The number of hydrogen-bond acceptors (Lipinski definition) is 2. The van der Waals surface area contributed by atoms with Crippen LogP contribution in [0.15, 0.2) is 0 Å². The van der Waals surface area contributed by atoms with Crippen molar-refractivity contribution in [2.24, 2.45) is 10.8 Å². The molecule has 3 heteroatoms. The van der Waals surface area contributed by atoms with Crippen LogP contribution in [0.2, 0.25) is 0 Å². The van der Waals surface area contributed by atoms with Crippen molar-refractivity contribution in [3.8, 4) is 0 Å². The third-order valence-corrected chi connectivity index (χ3v) is 3.43. The van der Waals surface area contributed by atoms with Crippen LogP contribution in [0.25, 0.3) is 0 Å². The highest BCUT2D eigenvalue weighted by Crippen LogP contribution is 2.24. The van der Waals surface area contributed by atoms with Crippen LogP contribution in [0.1, 0.15) is 87.5 Å². The number of ether oxygens (including phenoxy) is 1. The second kappa shape index (κ2) is 12.9. The largest absolute Gasteiger partial charge is 0.380 e. The molecule has 3 nitrogen and oxygen atoms in total. The van der Waals surface area contributed by atoms with Crippen molar-refractivity contribution in [1.29, 1.82) is 0 Å². The lowest BCUT2D eigenvalue weighted by Gasteiger charge is -2.29. The fourth-order valence-corrected chi connectivity index (χ4v) is 2.17. The van der Waals surface area contributed by atoms with E-state index in [1.807, 2.05) is 13.8 Å². The van der Waals surface area contributed by atoms with Crippen LogP contribution in [0.5, 0.6) is 0 Å². The van der Waals surface area contributed by atoms with Crippen molar-refractivity contribution in [3.05, 3.63) is 0 Å². The molecule has 1 amide bonds. The average Bonchev–Trinajstić information content (AvgIpc) is 2.44. The molecule has 134 valence electrons. The van der Waals surface area contributed by atoms with Gasteiger partial charge in [0.15, 0.2) is 0 Å². The third kappa shape index (κ3) is 14.4. The summed E-state index contributed by atoms with van der Waals surface area (Å²) in [7, 11) is 0. The van der Waals surface area contributed by atoms with Crippen LogP contribution in [-0.4, -0.2) is 25.7 Å². The Hall–Kier alpha value is -0.570. The molecule has 0 aromatic carbocycles. The molecule has 0 radical (unpaired) electrons. The first-order valence-corrected chi connectivity index (χ1v) is 9.07. The lowest BCUT2D eigenvalue weighted by molar-refractivity contribution is -0.121. The average molecular weight is 316 g/mol. The molecule has 22 heavy (non-hydrogen) atoms. The summed E-state index contributed by atoms with van der Waals surface area (Å²) in [5.41, 5.74) is 0.235. The first-order chi connectivity index (χ1) is 10.2. The molecule has 0 aliphatic carbocycles. The van der Waals surface area contributed by atoms with E-state index in [-0.39, 0.29) is 16.7 Å². The molecular weight excluding hydrogens is 274 g/mol. The Balaban J connectivity index is 0. The van der Waals surface area contributed by atoms with Gasteiger partial charge in [-0.1, -0.05) is 68.2 Å². The van der Waals surface area contributed by atoms with Crippen molar-refractivity contribution in [2.75, 3.05) is 19.8 Å². The SMILES string of the molecule is CC.CCCCC(=O)NCC(C)(C)COCC(C)(C)CCC. The topological polar surface area (TPSA) is 38.3 Å². The Morgan fingerprint density at radius 3 is 2.00 bits per heavy atom. The van der Waals surface area contributed by atoms with Crippen LogP contribution in [0, 0.1) is 10.8 Å². The first-order valence-electron chi connectivity index (χ1n) is 9.07. The Bertz CT molecular complexity index is 273. The summed E-state index contributed by atoms with van der Waals surface area (Å²) in [5.74, 6) is 0.159. The zero-order chi connectivity index (χ0) is 17.6. The Morgan fingerprint density at radius 2 is 1.50 bits per heavy atom. The summed E-state index contributed by atoms with van der Waals surface area (Å²) in [6.07, 6.45) is 5.03. The van der Waals surface area contributed by atoms with Gasteiger partial charge in [-0.15, -0.1) is 0 Å². The summed E-state index contributed by atoms with van der Waals surface area (Å²) in [6, 6.07) is 0. The number of rotatable bonds is 11. The molecular formula is C19H41NO2. The lowest BCUT2D eigenvalue weighted by atomic mass is 9.89. The highest BCUT2D eigenvalue weighted by atomic mass is 16.5. The Labute approximate surface area is 139 Å². The van der Waals surface area contributed by atoms with Crippen molar-refractivity contribution >= 4 is 5.91 Å². The number of amides is 1. The van der Waals surface area contributed by atoms with Gasteiger partial charge in [0.1, 0.15) is 0 Å². The van der Waals surface area contributed by atoms with E-state index in [2.05, 4.69) is 46.9 Å². The van der Waals surface area contributed by atoms with E-state index < -0.39 is 0 Å². The van der Waals surface area contributed by atoms with Crippen molar-refractivity contribution < 1.29 is 9.53 Å². The maximum Gasteiger partial charge on any atom is 0.220 e. The van der Waals surface area contributed by atoms with Crippen molar-refractivity contribution in [2.45, 2.75) is 87.5 Å². The fraction of sp³-hybridized carbons (Fsp3) is 0.947. The molecule has 0 atom stereocenters. The zero-order valence-electron chi connectivity index (χ0n) is 16.5. The smallest absolute Gasteiger partial charge is 0.220 e. The second-order valence-electron chi connectivity index (χ2n) is 7.45. The van der Waals surface area contributed by atoms with Gasteiger partial charge in [-0.25, -0.2) is 0 Å². The molecule has 0 fully saturated rings. The molecule has 1 N–H and O–H groups in total. The van der Waals surface area contributed by atoms with Crippen molar-refractivity contribution in [3.63, 3.8) is 0 Å². The molecule has 0 unspecified atom stereocenters. The molecule has 0 saturated heterocycles. The van der Waals surface area contributed by atoms with Gasteiger partial charge >= 0.3 is 0 Å². The number of unbranched alkanes of at least 4 members (excludes halogenated alkanes) is 1. The van der Waals surface area contributed by atoms with E-state index in [4.69, 9.17) is 4.74 Å². The maximum absolute atomic E-state index is 11.6. The number of nitrogens with one attached hydrogen (secondary N) is 1. The fourth-order valence-electron chi connectivity index (χ4n) is 2.17. The van der Waals surface area contributed by atoms with E-state index in [0.29, 0.717) is 19.6 Å². The molecule has 0 aromatic heterocycles. The van der Waals surface area contributed by atoms with Gasteiger partial charge < -0.3 is 10.1 Å². The molecule has 0 aromatic rings. The Kier molecular flexibility index (Phi) is 13.9. The first kappa shape index (κ1) is 23.7. The summed E-state index contributed by atoms with van der Waals surface area (Å²) in [4.78, 5) is 11.6. The van der Waals surface area contributed by atoms with Gasteiger partial charge in [0.2, 0.25) is 5.91 Å². The van der Waals surface area contributed by atoms with E-state index in [0.717, 1.165) is 19.4 Å². The molecule has 0 heterocycles. The highest BCUT2D eigenvalue weighted by Gasteiger charge is 2.22. The summed E-state index contributed by atoms with van der Waals surface area (Å²) < 4.78 is 5.88. The third-order valence-electron chi connectivity index (χ3n) is 3.43. The minimum absolute atomic E-state index is 0.00975. The summed E-state index contributed by atoms with van der Waals surface area (Å²) in [5, 5.41) is 3.01. The van der Waals surface area contributed by atoms with Crippen LogP contribution >= 0.6 is 0 Å². The number of carbonyl (C=O) groups excluding carboxylic acids is 1. The maximum atomic E-state index is 11.6. The van der Waals surface area contributed by atoms with Gasteiger partial charge in [0.05, 0.1) is 13.2 Å². The minimum Gasteiger partial charge on any atom is -0.380 e. The van der Waals surface area contributed by atoms with Crippen LogP contribution in [0.3, 0.4) is 0 Å². The van der Waals surface area contributed by atoms with E-state index in [1.54, 1.807) is 0 Å². The summed E-state index contributed by atoms with van der Waals surface area (Å²) in [6.45, 7) is 19.2. The standard InChI is InChI=1S/C17H35NO2.C2H6/c1-7-9-10-15(19)18-12-17(5,6)14-20-13-16(3,4)11-8-2;1-2/h7-14H2,1-6H3,(H,18,19);1-2H3. The molecule has 0 spiro atoms. The lowest BCUT2D eigenvalue weighted by Crippen LogP contribution is -2.37. The Morgan fingerprint density at radius 1 is 0.955 bits per heavy atom. The highest BCUT2D eigenvalue weighted by molar-refractivity contribution is 5.75. The van der Waals surface area contributed by atoms with E-state index in [9.17, 15) is 4.79 Å². The molecule has 0 saturated carbocycles. The molecule has 0 rings (SSSR count). The van der Waals surface area contributed by atoms with Crippen LogP contribution in [-0.2, 0) is 9.53 Å². The van der Waals surface area contributed by atoms with E-state index >= 15 is 0 Å². The minimum atomic E-state index is -0.00975. The van der Waals surface area contributed by atoms with Crippen molar-refractivity contribution in [1.82, 2.24) is 5.32 Å². The summed E-state index contributed by atoms with van der Waals surface area (Å²) >= 11 is 0. The monoisotopic (exact) mass is 315 g/mol. The molecule has 0 aliphatic heterocycles. The van der Waals surface area contributed by atoms with Crippen LogP contribution in [0.4, 0.5) is 0 Å². The zero-order valence-corrected chi connectivity index (χ0v) is 16.5. The molecule has 0 aliphatic rings. The predicted molar refractivity (Wildman–Crippen MR) is 97.2 cm³/mol. The number of carbonyl (C=O) groups is 1. The number of hydrogen-bond donors (Lipinski definition) is 1. The molecule has 0 bridgehead atoms. The predicted octanol–water partition coefficient (Wildman–Crippen LogP) is 5.19. The van der Waals surface area contributed by atoms with Gasteiger partial charge in [-0.2, -0.15) is 0 Å².